The summed E-state index contributed by atoms with van der Waals surface area (Å²) in [5, 5.41) is 2.34. The van der Waals surface area contributed by atoms with Gasteiger partial charge in [-0.05, 0) is 6.07 Å². The van der Waals surface area contributed by atoms with Crippen LogP contribution in [0.5, 0.6) is 0 Å². The molecule has 0 bridgehead atoms. The minimum Gasteiger partial charge on any atom is -0.375 e. The third-order valence-corrected chi connectivity index (χ3v) is 4.09. The number of thiazole rings is 1. The Labute approximate surface area is 126 Å². The van der Waals surface area contributed by atoms with Crippen molar-refractivity contribution in [3.05, 3.63) is 29.5 Å². The summed E-state index contributed by atoms with van der Waals surface area (Å²) in [6, 6.07) is 1.79. The lowest BCUT2D eigenvalue weighted by Crippen LogP contribution is -2.49. The van der Waals surface area contributed by atoms with Gasteiger partial charge in [-0.1, -0.05) is 0 Å². The lowest BCUT2D eigenvalue weighted by Gasteiger charge is -2.34. The van der Waals surface area contributed by atoms with E-state index in [0.717, 1.165) is 24.7 Å². The molecule has 0 radical (unpaired) electrons. The highest BCUT2D eigenvalue weighted by molar-refractivity contribution is 7.13. The molecule has 21 heavy (non-hydrogen) atoms. The van der Waals surface area contributed by atoms with Crippen LogP contribution in [0.2, 0.25) is 0 Å². The smallest absolute Gasteiger partial charge is 0.228 e. The summed E-state index contributed by atoms with van der Waals surface area (Å²) in [5.41, 5.74) is 6.32. The van der Waals surface area contributed by atoms with Gasteiger partial charge in [0.1, 0.15) is 0 Å². The average molecular weight is 304 g/mol. The highest BCUT2D eigenvalue weighted by atomic mass is 32.1. The summed E-state index contributed by atoms with van der Waals surface area (Å²) >= 11 is 1.36. The van der Waals surface area contributed by atoms with Crippen molar-refractivity contribution in [1.29, 1.82) is 0 Å². The minimum atomic E-state index is 0.0916. The number of nitrogens with two attached hydrogens (primary N) is 1. The Morgan fingerprint density at radius 2 is 1.95 bits per heavy atom. The van der Waals surface area contributed by atoms with Crippen LogP contribution in [0.3, 0.4) is 0 Å². The largest absolute Gasteiger partial charge is 0.375 e. The summed E-state index contributed by atoms with van der Waals surface area (Å²) in [7, 11) is 0. The second-order valence-electron chi connectivity index (χ2n) is 4.77. The minimum absolute atomic E-state index is 0.0916. The fourth-order valence-electron chi connectivity index (χ4n) is 2.28. The van der Waals surface area contributed by atoms with Crippen molar-refractivity contribution >= 4 is 28.3 Å². The zero-order valence-corrected chi connectivity index (χ0v) is 12.3. The zero-order chi connectivity index (χ0) is 14.7. The van der Waals surface area contributed by atoms with E-state index in [9.17, 15) is 4.79 Å². The Bertz CT molecular complexity index is 608. The van der Waals surface area contributed by atoms with Crippen LogP contribution in [0.4, 0.5) is 11.1 Å². The number of rotatable bonds is 3. The topological polar surface area (TPSA) is 88.2 Å². The van der Waals surface area contributed by atoms with Crippen molar-refractivity contribution in [2.24, 2.45) is 0 Å². The number of nitrogen functional groups attached to an aromatic ring is 1. The third kappa shape index (κ3) is 3.27. The molecule has 1 saturated heterocycles. The predicted molar refractivity (Wildman–Crippen MR) is 81.1 cm³/mol. The van der Waals surface area contributed by atoms with E-state index in [1.807, 2.05) is 10.3 Å². The van der Waals surface area contributed by atoms with Gasteiger partial charge in [0, 0.05) is 44.0 Å². The zero-order valence-electron chi connectivity index (χ0n) is 11.5. The molecule has 0 spiro atoms. The van der Waals surface area contributed by atoms with E-state index in [4.69, 9.17) is 5.73 Å². The van der Waals surface area contributed by atoms with Crippen molar-refractivity contribution in [3.8, 4) is 0 Å². The number of carbonyl (C=O) groups excluding carboxylic acids is 1. The van der Waals surface area contributed by atoms with E-state index in [1.165, 1.54) is 11.3 Å². The Kier molecular flexibility index (Phi) is 3.96. The number of hydrogen-bond acceptors (Lipinski definition) is 7. The molecule has 0 atom stereocenters. The first-order valence-corrected chi connectivity index (χ1v) is 7.60. The molecule has 1 aliphatic heterocycles. The fourth-order valence-corrected chi connectivity index (χ4v) is 2.84. The number of amides is 1. The average Bonchev–Trinajstić information content (AvgIpc) is 2.93. The van der Waals surface area contributed by atoms with Crippen LogP contribution < -0.4 is 10.6 Å². The van der Waals surface area contributed by atoms with Gasteiger partial charge in [0.15, 0.2) is 5.13 Å². The molecule has 3 heterocycles. The van der Waals surface area contributed by atoms with E-state index < -0.39 is 0 Å². The fraction of sp³-hybridized carbons (Fsp3) is 0.385. The van der Waals surface area contributed by atoms with Crippen LogP contribution in [0.15, 0.2) is 23.8 Å². The van der Waals surface area contributed by atoms with Crippen molar-refractivity contribution in [2.75, 3.05) is 36.8 Å². The molecule has 2 aromatic rings. The van der Waals surface area contributed by atoms with Gasteiger partial charge in [-0.3, -0.25) is 4.79 Å². The molecule has 0 unspecified atom stereocenters. The van der Waals surface area contributed by atoms with Crippen LogP contribution in [-0.2, 0) is 11.2 Å². The van der Waals surface area contributed by atoms with Gasteiger partial charge in [0.05, 0.1) is 12.1 Å². The first-order chi connectivity index (χ1) is 10.2. The predicted octanol–water partition coefficient (Wildman–Crippen LogP) is 0.407. The highest BCUT2D eigenvalue weighted by Crippen LogP contribution is 2.14. The van der Waals surface area contributed by atoms with Gasteiger partial charge in [0.25, 0.3) is 0 Å². The molecule has 7 nitrogen and oxygen atoms in total. The highest BCUT2D eigenvalue weighted by Gasteiger charge is 2.22. The monoisotopic (exact) mass is 304 g/mol. The van der Waals surface area contributed by atoms with Crippen LogP contribution in [0.1, 0.15) is 5.69 Å². The van der Waals surface area contributed by atoms with Gasteiger partial charge < -0.3 is 15.5 Å². The van der Waals surface area contributed by atoms with E-state index in [2.05, 4.69) is 19.9 Å². The van der Waals surface area contributed by atoms with Gasteiger partial charge in [-0.25, -0.2) is 15.0 Å². The molecular weight excluding hydrogens is 288 g/mol. The Morgan fingerprint density at radius 1 is 1.24 bits per heavy atom. The number of nitrogens with zero attached hydrogens (tertiary/aromatic N) is 5. The summed E-state index contributed by atoms with van der Waals surface area (Å²) in [5.74, 6) is 0.811. The molecular formula is C13H16N6OS. The lowest BCUT2D eigenvalue weighted by molar-refractivity contribution is -0.130. The van der Waals surface area contributed by atoms with Crippen molar-refractivity contribution < 1.29 is 4.79 Å². The Morgan fingerprint density at radius 3 is 2.57 bits per heavy atom. The molecule has 8 heteroatoms. The van der Waals surface area contributed by atoms with Crippen molar-refractivity contribution in [1.82, 2.24) is 19.9 Å². The number of carbonyl (C=O) groups is 1. The van der Waals surface area contributed by atoms with Gasteiger partial charge in [-0.2, -0.15) is 0 Å². The molecule has 3 rings (SSSR count). The van der Waals surface area contributed by atoms with Crippen molar-refractivity contribution in [2.45, 2.75) is 6.42 Å². The lowest BCUT2D eigenvalue weighted by atomic mass is 10.2. The third-order valence-electron chi connectivity index (χ3n) is 3.37. The number of anilines is 2. The molecule has 0 aromatic carbocycles. The Hall–Kier alpha value is -2.22. The summed E-state index contributed by atoms with van der Waals surface area (Å²) in [6.07, 6.45) is 3.77. The molecule has 0 saturated carbocycles. The molecule has 110 valence electrons. The molecule has 1 aliphatic rings. The molecule has 0 aliphatic carbocycles. The summed E-state index contributed by atoms with van der Waals surface area (Å²) in [4.78, 5) is 28.8. The number of piperazine rings is 1. The van der Waals surface area contributed by atoms with Gasteiger partial charge >= 0.3 is 0 Å². The summed E-state index contributed by atoms with van der Waals surface area (Å²) < 4.78 is 0. The maximum absolute atomic E-state index is 12.2. The number of aromatic nitrogens is 3. The quantitative estimate of drug-likeness (QED) is 0.883. The maximum Gasteiger partial charge on any atom is 0.228 e. The van der Waals surface area contributed by atoms with Crippen LogP contribution >= 0.6 is 11.3 Å². The number of hydrogen-bond donors (Lipinski definition) is 1. The maximum atomic E-state index is 12.2. The second kappa shape index (κ2) is 6.04. The van der Waals surface area contributed by atoms with Crippen LogP contribution in [0, 0.1) is 0 Å². The van der Waals surface area contributed by atoms with Gasteiger partial charge in [-0.15, -0.1) is 11.3 Å². The second-order valence-corrected chi connectivity index (χ2v) is 5.66. The van der Waals surface area contributed by atoms with E-state index in [0.29, 0.717) is 24.6 Å². The van der Waals surface area contributed by atoms with E-state index >= 15 is 0 Å². The molecule has 2 aromatic heterocycles. The normalized spacial score (nSPS) is 15.2. The molecule has 1 fully saturated rings. The molecule has 1 amide bonds. The summed E-state index contributed by atoms with van der Waals surface area (Å²) in [6.45, 7) is 2.84. The van der Waals surface area contributed by atoms with E-state index in [1.54, 1.807) is 18.5 Å². The first kappa shape index (κ1) is 13.7. The van der Waals surface area contributed by atoms with Crippen LogP contribution in [-0.4, -0.2) is 51.9 Å². The van der Waals surface area contributed by atoms with Gasteiger partial charge in [0.2, 0.25) is 11.9 Å². The van der Waals surface area contributed by atoms with Crippen molar-refractivity contribution in [3.63, 3.8) is 0 Å². The Balaban J connectivity index is 1.54. The van der Waals surface area contributed by atoms with E-state index in [-0.39, 0.29) is 5.91 Å². The first-order valence-electron chi connectivity index (χ1n) is 6.72. The standard InChI is InChI=1S/C13H16N6OS/c14-12-17-10(9-21-12)8-11(20)18-4-6-19(7-5-18)13-15-2-1-3-16-13/h1-3,9H,4-8H2,(H2,14,17). The van der Waals surface area contributed by atoms with Crippen LogP contribution in [0.25, 0.3) is 0 Å². The molecule has 2 N–H and O–H groups in total. The SMILES string of the molecule is Nc1nc(CC(=O)N2CCN(c3ncccn3)CC2)cs1.